The molecule has 28 heavy (non-hydrogen) atoms. The van der Waals surface area contributed by atoms with Crippen molar-refractivity contribution in [2.75, 3.05) is 33.3 Å². The monoisotopic (exact) mass is 502 g/mol. The van der Waals surface area contributed by atoms with Gasteiger partial charge in [0.1, 0.15) is 5.75 Å². The minimum Gasteiger partial charge on any atom is -0.493 e. The molecule has 1 aromatic rings. The molecule has 1 heterocycles. The summed E-state index contributed by atoms with van der Waals surface area (Å²) in [5, 5.41) is 3.42. The van der Waals surface area contributed by atoms with E-state index in [1.807, 2.05) is 0 Å². The van der Waals surface area contributed by atoms with E-state index in [0.29, 0.717) is 18.9 Å². The van der Waals surface area contributed by atoms with Crippen molar-refractivity contribution in [3.8, 4) is 5.75 Å². The fourth-order valence-electron chi connectivity index (χ4n) is 3.65. The van der Waals surface area contributed by atoms with Crippen molar-refractivity contribution in [1.82, 2.24) is 10.2 Å². The van der Waals surface area contributed by atoms with E-state index >= 15 is 0 Å². The molecule has 1 fully saturated rings. The normalized spacial score (nSPS) is 17.1. The minimum atomic E-state index is -0.219. The molecule has 1 unspecified atom stereocenters. The lowest BCUT2D eigenvalue weighted by Crippen LogP contribution is -2.47. The van der Waals surface area contributed by atoms with Crippen LogP contribution in [0.25, 0.3) is 0 Å². The third-order valence-corrected chi connectivity index (χ3v) is 5.15. The average Bonchev–Trinajstić information content (AvgIpc) is 2.61. The van der Waals surface area contributed by atoms with E-state index in [2.05, 4.69) is 48.1 Å². The Bertz CT molecular complexity index is 679. The van der Waals surface area contributed by atoms with Crippen molar-refractivity contribution in [1.29, 1.82) is 0 Å². The first-order valence-electron chi connectivity index (χ1n) is 9.85. The zero-order valence-corrected chi connectivity index (χ0v) is 19.9. The van der Waals surface area contributed by atoms with Gasteiger partial charge in [-0.25, -0.2) is 0 Å². The first kappa shape index (κ1) is 24.5. The number of halogens is 1. The molecule has 0 aromatic heterocycles. The molecule has 7 heteroatoms. The zero-order chi connectivity index (χ0) is 19.8. The molecule has 0 spiro atoms. The first-order valence-corrected chi connectivity index (χ1v) is 9.85. The number of carbonyl (C=O) groups is 1. The van der Waals surface area contributed by atoms with Crippen molar-refractivity contribution in [3.63, 3.8) is 0 Å². The third-order valence-electron chi connectivity index (χ3n) is 5.15. The highest BCUT2D eigenvalue weighted by molar-refractivity contribution is 14.0. The third kappa shape index (κ3) is 7.48. The number of aliphatic imine (C=N–C) groups is 1. The number of rotatable bonds is 7. The van der Waals surface area contributed by atoms with Gasteiger partial charge in [-0.1, -0.05) is 6.07 Å². The summed E-state index contributed by atoms with van der Waals surface area (Å²) in [5.41, 5.74) is 9.04. The summed E-state index contributed by atoms with van der Waals surface area (Å²) >= 11 is 0. The van der Waals surface area contributed by atoms with Crippen LogP contribution in [0.1, 0.15) is 42.4 Å². The van der Waals surface area contributed by atoms with Crippen LogP contribution in [0.4, 0.5) is 0 Å². The first-order chi connectivity index (χ1) is 12.9. The quantitative estimate of drug-likeness (QED) is 0.260. The van der Waals surface area contributed by atoms with Crippen LogP contribution in [-0.2, 0) is 4.79 Å². The zero-order valence-electron chi connectivity index (χ0n) is 17.6. The van der Waals surface area contributed by atoms with Crippen LogP contribution in [0.5, 0.6) is 5.75 Å². The van der Waals surface area contributed by atoms with Crippen LogP contribution in [0.2, 0.25) is 0 Å². The number of nitrogens with two attached hydrogens (primary N) is 1. The summed E-state index contributed by atoms with van der Waals surface area (Å²) < 4.78 is 5.98. The molecule has 2 rings (SSSR count). The summed E-state index contributed by atoms with van der Waals surface area (Å²) in [4.78, 5) is 17.8. The van der Waals surface area contributed by atoms with Crippen molar-refractivity contribution < 1.29 is 9.53 Å². The average molecular weight is 502 g/mol. The molecular weight excluding hydrogens is 467 g/mol. The summed E-state index contributed by atoms with van der Waals surface area (Å²) in [5.74, 6) is 1.98. The van der Waals surface area contributed by atoms with Gasteiger partial charge in [-0.15, -0.1) is 24.0 Å². The molecule has 6 nitrogen and oxygen atoms in total. The van der Waals surface area contributed by atoms with Crippen LogP contribution in [0.15, 0.2) is 17.1 Å². The maximum absolute atomic E-state index is 11.2. The molecule has 0 aliphatic carbocycles. The predicted octanol–water partition coefficient (Wildman–Crippen LogP) is 3.16. The number of nitrogens with zero attached hydrogens (tertiary/aromatic N) is 2. The Balaban J connectivity index is 0.00000392. The molecule has 1 aromatic carbocycles. The van der Waals surface area contributed by atoms with Gasteiger partial charge in [-0.05, 0) is 68.7 Å². The SMILES string of the molecule is CN=C(NCCCOc1cc(C)cc(C)c1C)N1CCCC(CC(N)=O)C1.I. The lowest BCUT2D eigenvalue weighted by Gasteiger charge is -2.34. The summed E-state index contributed by atoms with van der Waals surface area (Å²) in [6, 6.07) is 4.28. The predicted molar refractivity (Wildman–Crippen MR) is 126 cm³/mol. The Labute approximate surface area is 186 Å². The molecule has 0 saturated carbocycles. The second-order valence-corrected chi connectivity index (χ2v) is 7.51. The molecular formula is C21H35IN4O2. The van der Waals surface area contributed by atoms with Crippen molar-refractivity contribution in [2.45, 2.75) is 46.5 Å². The van der Waals surface area contributed by atoms with Gasteiger partial charge < -0.3 is 20.7 Å². The number of primary amides is 1. The topological polar surface area (TPSA) is 80.0 Å². The Morgan fingerprint density at radius 2 is 2.11 bits per heavy atom. The molecule has 0 radical (unpaired) electrons. The number of guanidine groups is 1. The second-order valence-electron chi connectivity index (χ2n) is 7.51. The number of benzene rings is 1. The Kier molecular flexibility index (Phi) is 10.6. The lowest BCUT2D eigenvalue weighted by atomic mass is 9.95. The summed E-state index contributed by atoms with van der Waals surface area (Å²) in [6.07, 6.45) is 3.47. The van der Waals surface area contributed by atoms with E-state index in [9.17, 15) is 4.79 Å². The van der Waals surface area contributed by atoms with Gasteiger partial charge in [-0.3, -0.25) is 9.79 Å². The highest BCUT2D eigenvalue weighted by Gasteiger charge is 2.23. The molecule has 3 N–H and O–H groups in total. The van der Waals surface area contributed by atoms with Crippen LogP contribution < -0.4 is 15.8 Å². The Hall–Kier alpha value is -1.51. The van der Waals surface area contributed by atoms with Crippen LogP contribution in [0.3, 0.4) is 0 Å². The number of hydrogen-bond acceptors (Lipinski definition) is 3. The number of aryl methyl sites for hydroxylation is 2. The molecule has 158 valence electrons. The standard InChI is InChI=1S/C21H34N4O2.HI/c1-15-11-16(2)17(3)19(12-15)27-10-6-8-24-21(23-4)25-9-5-7-18(14-25)13-20(22)26;/h11-12,18H,5-10,13-14H2,1-4H3,(H2,22,26)(H,23,24);1H. The van der Waals surface area contributed by atoms with E-state index in [1.165, 1.54) is 16.7 Å². The maximum Gasteiger partial charge on any atom is 0.217 e. The van der Waals surface area contributed by atoms with E-state index in [1.54, 1.807) is 7.05 Å². The van der Waals surface area contributed by atoms with Gasteiger partial charge in [-0.2, -0.15) is 0 Å². The number of carbonyl (C=O) groups excluding carboxylic acids is 1. The van der Waals surface area contributed by atoms with Crippen molar-refractivity contribution in [3.05, 3.63) is 28.8 Å². The van der Waals surface area contributed by atoms with E-state index in [-0.39, 0.29) is 29.9 Å². The fourth-order valence-corrected chi connectivity index (χ4v) is 3.65. The minimum absolute atomic E-state index is 0. The van der Waals surface area contributed by atoms with Gasteiger partial charge >= 0.3 is 0 Å². The largest absolute Gasteiger partial charge is 0.493 e. The molecule has 1 aliphatic heterocycles. The number of piperidine rings is 1. The van der Waals surface area contributed by atoms with E-state index in [0.717, 1.165) is 50.6 Å². The number of ether oxygens (including phenoxy) is 1. The molecule has 1 atom stereocenters. The number of amides is 1. The van der Waals surface area contributed by atoms with Gasteiger partial charge in [0.2, 0.25) is 5.91 Å². The van der Waals surface area contributed by atoms with E-state index < -0.39 is 0 Å². The van der Waals surface area contributed by atoms with Crippen LogP contribution in [-0.4, -0.2) is 50.1 Å². The maximum atomic E-state index is 11.2. The molecule has 1 aliphatic rings. The number of hydrogen-bond donors (Lipinski definition) is 2. The number of nitrogens with one attached hydrogen (secondary N) is 1. The summed E-state index contributed by atoms with van der Waals surface area (Å²) in [7, 11) is 1.80. The molecule has 1 saturated heterocycles. The highest BCUT2D eigenvalue weighted by atomic mass is 127. The fraction of sp³-hybridized carbons (Fsp3) is 0.619. The van der Waals surface area contributed by atoms with Gasteiger partial charge in [0.25, 0.3) is 0 Å². The van der Waals surface area contributed by atoms with Gasteiger partial charge in [0, 0.05) is 33.1 Å². The second kappa shape index (κ2) is 12.1. The highest BCUT2D eigenvalue weighted by Crippen LogP contribution is 2.23. The lowest BCUT2D eigenvalue weighted by molar-refractivity contribution is -0.119. The van der Waals surface area contributed by atoms with Gasteiger partial charge in [0.05, 0.1) is 6.61 Å². The Morgan fingerprint density at radius 3 is 2.79 bits per heavy atom. The van der Waals surface area contributed by atoms with Crippen molar-refractivity contribution in [2.24, 2.45) is 16.6 Å². The smallest absolute Gasteiger partial charge is 0.217 e. The van der Waals surface area contributed by atoms with Crippen LogP contribution in [0, 0.1) is 26.7 Å². The van der Waals surface area contributed by atoms with Crippen molar-refractivity contribution >= 4 is 35.8 Å². The molecule has 0 bridgehead atoms. The van der Waals surface area contributed by atoms with E-state index in [4.69, 9.17) is 10.5 Å². The Morgan fingerprint density at radius 1 is 1.36 bits per heavy atom. The van der Waals surface area contributed by atoms with Crippen LogP contribution >= 0.6 is 24.0 Å². The summed E-state index contributed by atoms with van der Waals surface area (Å²) in [6.45, 7) is 9.57. The van der Waals surface area contributed by atoms with Gasteiger partial charge in [0.15, 0.2) is 5.96 Å². The number of likely N-dealkylation sites (tertiary alicyclic amines) is 1. The molecule has 1 amide bonds.